The van der Waals surface area contributed by atoms with Gasteiger partial charge < -0.3 is 14.6 Å². The van der Waals surface area contributed by atoms with Crippen LogP contribution in [0.25, 0.3) is 0 Å². The third-order valence-electron chi connectivity index (χ3n) is 3.24. The monoisotopic (exact) mass is 316 g/mol. The number of hydrogen-bond acceptors (Lipinski definition) is 5. The van der Waals surface area contributed by atoms with Gasteiger partial charge in [0.05, 0.1) is 24.4 Å². The summed E-state index contributed by atoms with van der Waals surface area (Å²) >= 11 is 0. The van der Waals surface area contributed by atoms with Crippen LogP contribution in [0.3, 0.4) is 0 Å². The van der Waals surface area contributed by atoms with Crippen molar-refractivity contribution in [3.05, 3.63) is 17.7 Å². The Morgan fingerprint density at radius 1 is 1.29 bits per heavy atom. The quantitative estimate of drug-likeness (QED) is 0.830. The van der Waals surface area contributed by atoms with E-state index in [1.165, 1.54) is 20.3 Å². The second kappa shape index (κ2) is 6.80. The lowest BCUT2D eigenvalue weighted by molar-refractivity contribution is 0.0692. The summed E-state index contributed by atoms with van der Waals surface area (Å²) in [5.41, 5.74) is -0.237. The first-order valence-electron chi connectivity index (χ1n) is 6.52. The van der Waals surface area contributed by atoms with Crippen molar-refractivity contribution in [1.82, 2.24) is 0 Å². The highest BCUT2D eigenvalue weighted by Crippen LogP contribution is 2.35. The van der Waals surface area contributed by atoms with Crippen LogP contribution in [0.2, 0.25) is 0 Å². The molecule has 0 aliphatic heterocycles. The summed E-state index contributed by atoms with van der Waals surface area (Å²) in [5.74, 6) is -1.18. The smallest absolute Gasteiger partial charge is 0.339 e. The van der Waals surface area contributed by atoms with Crippen molar-refractivity contribution in [2.75, 3.05) is 14.2 Å². The van der Waals surface area contributed by atoms with E-state index in [0.29, 0.717) is 6.42 Å². The molecule has 0 radical (unpaired) electrons. The van der Waals surface area contributed by atoms with Crippen molar-refractivity contribution >= 4 is 15.8 Å². The van der Waals surface area contributed by atoms with E-state index in [1.807, 2.05) is 6.92 Å². The normalized spacial score (nSPS) is 12.8. The van der Waals surface area contributed by atoms with Crippen molar-refractivity contribution < 1.29 is 27.8 Å². The number of carboxylic acid groups (broad SMARTS) is 1. The topological polar surface area (TPSA) is 89.9 Å². The molecule has 1 aromatic rings. The van der Waals surface area contributed by atoms with Crippen LogP contribution >= 0.6 is 0 Å². The third kappa shape index (κ3) is 3.47. The number of methoxy groups -OCH3 is 2. The van der Waals surface area contributed by atoms with Crippen LogP contribution in [-0.4, -0.2) is 39.0 Å². The first-order valence-corrected chi connectivity index (χ1v) is 8.07. The van der Waals surface area contributed by atoms with Crippen molar-refractivity contribution in [1.29, 1.82) is 0 Å². The van der Waals surface area contributed by atoms with Crippen LogP contribution < -0.4 is 9.47 Å². The van der Waals surface area contributed by atoms with E-state index in [-0.39, 0.29) is 22.0 Å². The average molecular weight is 316 g/mol. The van der Waals surface area contributed by atoms with E-state index >= 15 is 0 Å². The molecule has 1 N–H and O–H groups in total. The molecular formula is C14H20O6S. The highest BCUT2D eigenvalue weighted by molar-refractivity contribution is 7.92. The van der Waals surface area contributed by atoms with Crippen LogP contribution in [0.1, 0.15) is 37.0 Å². The molecule has 6 nitrogen and oxygen atoms in total. The molecule has 1 rings (SSSR count). The zero-order chi connectivity index (χ0) is 16.2. The lowest BCUT2D eigenvalue weighted by Gasteiger charge is -2.16. The van der Waals surface area contributed by atoms with Crippen molar-refractivity contribution in [3.8, 4) is 11.5 Å². The molecule has 0 saturated carbocycles. The number of hydrogen-bond donors (Lipinski definition) is 1. The molecule has 0 fully saturated rings. The fraction of sp³-hybridized carbons (Fsp3) is 0.500. The van der Waals surface area contributed by atoms with Crippen LogP contribution in [-0.2, 0) is 9.84 Å². The Bertz CT molecular complexity index is 621. The number of sulfone groups is 1. The molecule has 0 spiro atoms. The zero-order valence-corrected chi connectivity index (χ0v) is 13.4. The standard InChI is InChI=1S/C14H20O6S/c1-5-6-9(2)21(17,18)10-7-11(14(15)16)13(20-4)12(8-10)19-3/h7-9H,5-6H2,1-4H3,(H,15,16). The maximum atomic E-state index is 12.5. The van der Waals surface area contributed by atoms with Gasteiger partial charge in [0.1, 0.15) is 5.56 Å². The molecule has 118 valence electrons. The molecule has 0 aliphatic carbocycles. The molecule has 0 saturated heterocycles. The van der Waals surface area contributed by atoms with Crippen molar-refractivity contribution in [2.24, 2.45) is 0 Å². The second-order valence-electron chi connectivity index (χ2n) is 4.66. The molecule has 21 heavy (non-hydrogen) atoms. The van der Waals surface area contributed by atoms with E-state index in [0.717, 1.165) is 12.5 Å². The first kappa shape index (κ1) is 17.3. The molecule has 0 heterocycles. The molecule has 0 aliphatic rings. The first-order chi connectivity index (χ1) is 9.79. The molecule has 1 unspecified atom stereocenters. The fourth-order valence-corrected chi connectivity index (χ4v) is 3.62. The molecule has 1 atom stereocenters. The van der Waals surface area contributed by atoms with Crippen LogP contribution in [0.5, 0.6) is 11.5 Å². The van der Waals surface area contributed by atoms with Crippen LogP contribution in [0, 0.1) is 0 Å². The van der Waals surface area contributed by atoms with Gasteiger partial charge in [-0.3, -0.25) is 0 Å². The van der Waals surface area contributed by atoms with Crippen LogP contribution in [0.15, 0.2) is 17.0 Å². The number of aromatic carboxylic acids is 1. The van der Waals surface area contributed by atoms with E-state index in [2.05, 4.69) is 0 Å². The minimum Gasteiger partial charge on any atom is -0.493 e. The van der Waals surface area contributed by atoms with Gasteiger partial charge in [-0.15, -0.1) is 0 Å². The predicted octanol–water partition coefficient (Wildman–Crippen LogP) is 2.36. The average Bonchev–Trinajstić information content (AvgIpc) is 2.45. The van der Waals surface area contributed by atoms with Crippen molar-refractivity contribution in [3.63, 3.8) is 0 Å². The number of rotatable bonds is 7. The van der Waals surface area contributed by atoms with Gasteiger partial charge in [-0.2, -0.15) is 0 Å². The Morgan fingerprint density at radius 2 is 1.90 bits per heavy atom. The number of carboxylic acids is 1. The highest BCUT2D eigenvalue weighted by atomic mass is 32.2. The Morgan fingerprint density at radius 3 is 2.33 bits per heavy atom. The van der Waals surface area contributed by atoms with E-state index < -0.39 is 21.1 Å². The third-order valence-corrected chi connectivity index (χ3v) is 5.42. The van der Waals surface area contributed by atoms with Gasteiger partial charge in [-0.05, 0) is 19.4 Å². The Labute approximate surface area is 124 Å². The zero-order valence-electron chi connectivity index (χ0n) is 12.5. The van der Waals surface area contributed by atoms with Gasteiger partial charge in [0.2, 0.25) is 0 Å². The Hall–Kier alpha value is -1.76. The summed E-state index contributed by atoms with van der Waals surface area (Å²) in [4.78, 5) is 11.2. The number of benzene rings is 1. The largest absolute Gasteiger partial charge is 0.493 e. The van der Waals surface area contributed by atoms with Gasteiger partial charge in [-0.1, -0.05) is 13.3 Å². The van der Waals surface area contributed by atoms with Crippen LogP contribution in [0.4, 0.5) is 0 Å². The summed E-state index contributed by atoms with van der Waals surface area (Å²) in [6.07, 6.45) is 1.22. The van der Waals surface area contributed by atoms with Gasteiger partial charge in [0.25, 0.3) is 0 Å². The van der Waals surface area contributed by atoms with Crippen molar-refractivity contribution in [2.45, 2.75) is 36.8 Å². The van der Waals surface area contributed by atoms with E-state index in [4.69, 9.17) is 9.47 Å². The molecular weight excluding hydrogens is 296 g/mol. The SMILES string of the molecule is CCCC(C)S(=O)(=O)c1cc(OC)c(OC)c(C(=O)O)c1. The molecule has 7 heteroatoms. The van der Waals surface area contributed by atoms with E-state index in [1.54, 1.807) is 6.92 Å². The number of carbonyl (C=O) groups is 1. The van der Waals surface area contributed by atoms with Gasteiger partial charge in [-0.25, -0.2) is 13.2 Å². The summed E-state index contributed by atoms with van der Waals surface area (Å²) in [6, 6.07) is 2.41. The fourth-order valence-electron chi connectivity index (χ4n) is 2.06. The lowest BCUT2D eigenvalue weighted by atomic mass is 10.2. The van der Waals surface area contributed by atoms with Gasteiger partial charge in [0, 0.05) is 6.07 Å². The molecule has 0 aromatic heterocycles. The molecule has 1 aromatic carbocycles. The minimum absolute atomic E-state index is 0.00657. The molecule has 0 bridgehead atoms. The lowest BCUT2D eigenvalue weighted by Crippen LogP contribution is -2.18. The summed E-state index contributed by atoms with van der Waals surface area (Å²) in [6.45, 7) is 3.50. The maximum absolute atomic E-state index is 12.5. The van der Waals surface area contributed by atoms with Gasteiger partial charge in [0.15, 0.2) is 21.3 Å². The molecule has 0 amide bonds. The maximum Gasteiger partial charge on any atom is 0.339 e. The Balaban J connectivity index is 3.52. The summed E-state index contributed by atoms with van der Waals surface area (Å²) in [5, 5.41) is 8.62. The summed E-state index contributed by atoms with van der Waals surface area (Å²) in [7, 11) is -0.981. The Kier molecular flexibility index (Phi) is 5.60. The second-order valence-corrected chi connectivity index (χ2v) is 7.02. The highest BCUT2D eigenvalue weighted by Gasteiger charge is 2.27. The minimum atomic E-state index is -3.61. The number of ether oxygens (including phenoxy) is 2. The summed E-state index contributed by atoms with van der Waals surface area (Å²) < 4.78 is 35.0. The predicted molar refractivity (Wildman–Crippen MR) is 78.1 cm³/mol. The van der Waals surface area contributed by atoms with Gasteiger partial charge >= 0.3 is 5.97 Å². The van der Waals surface area contributed by atoms with E-state index in [9.17, 15) is 18.3 Å².